The van der Waals surface area contributed by atoms with E-state index in [2.05, 4.69) is 4.98 Å². The molecule has 1 heterocycles. The minimum absolute atomic E-state index is 0.0929. The number of alkyl halides is 3. The zero-order valence-electron chi connectivity index (χ0n) is 12.0. The van der Waals surface area contributed by atoms with E-state index in [1.165, 1.54) is 18.3 Å². The van der Waals surface area contributed by atoms with Crippen LogP contribution in [0.3, 0.4) is 0 Å². The van der Waals surface area contributed by atoms with Crippen molar-refractivity contribution in [3.05, 3.63) is 47.7 Å². The standard InChI is InChI=1S/C16H16F3NO/c1-15(2,3)10-6-7-13(21)11(9-10)14-12(16(17,18)19)5-4-8-20-14/h4-9,21H,1-3H3. The fraction of sp³-hybridized carbons (Fsp3) is 0.312. The van der Waals surface area contributed by atoms with Crippen molar-refractivity contribution in [2.75, 3.05) is 0 Å². The monoisotopic (exact) mass is 295 g/mol. The van der Waals surface area contributed by atoms with Crippen LogP contribution in [0.1, 0.15) is 31.9 Å². The minimum atomic E-state index is -4.52. The number of aromatic nitrogens is 1. The van der Waals surface area contributed by atoms with E-state index >= 15 is 0 Å². The minimum Gasteiger partial charge on any atom is -0.507 e. The van der Waals surface area contributed by atoms with Gasteiger partial charge in [0.05, 0.1) is 11.3 Å². The molecule has 0 aliphatic heterocycles. The molecule has 2 rings (SSSR count). The Labute approximate surface area is 121 Å². The SMILES string of the molecule is CC(C)(C)c1ccc(O)c(-c2ncccc2C(F)(F)F)c1. The van der Waals surface area contributed by atoms with E-state index in [4.69, 9.17) is 0 Å². The van der Waals surface area contributed by atoms with Gasteiger partial charge in [-0.25, -0.2) is 0 Å². The molecule has 0 aliphatic rings. The van der Waals surface area contributed by atoms with Crippen molar-refractivity contribution in [2.24, 2.45) is 0 Å². The first-order valence-electron chi connectivity index (χ1n) is 6.47. The molecule has 0 radical (unpaired) electrons. The molecule has 0 aliphatic carbocycles. The fourth-order valence-electron chi connectivity index (χ4n) is 2.04. The summed E-state index contributed by atoms with van der Waals surface area (Å²) in [4.78, 5) is 3.82. The predicted molar refractivity (Wildman–Crippen MR) is 75.0 cm³/mol. The van der Waals surface area contributed by atoms with Gasteiger partial charge in [0, 0.05) is 11.8 Å². The third-order valence-corrected chi connectivity index (χ3v) is 3.23. The van der Waals surface area contributed by atoms with Crippen LogP contribution in [0, 0.1) is 0 Å². The summed E-state index contributed by atoms with van der Waals surface area (Å²) in [6.07, 6.45) is -3.23. The third kappa shape index (κ3) is 3.17. The van der Waals surface area contributed by atoms with Crippen molar-refractivity contribution in [1.29, 1.82) is 0 Å². The molecular formula is C16H16F3NO. The highest BCUT2D eigenvalue weighted by molar-refractivity contribution is 5.71. The van der Waals surface area contributed by atoms with Crippen molar-refractivity contribution in [3.8, 4) is 17.0 Å². The second-order valence-electron chi connectivity index (χ2n) is 5.88. The van der Waals surface area contributed by atoms with E-state index in [0.717, 1.165) is 11.6 Å². The molecule has 0 unspecified atom stereocenters. The van der Waals surface area contributed by atoms with Gasteiger partial charge in [-0.1, -0.05) is 26.8 Å². The number of pyridine rings is 1. The van der Waals surface area contributed by atoms with E-state index in [0.29, 0.717) is 0 Å². The molecule has 0 atom stereocenters. The quantitative estimate of drug-likeness (QED) is 0.822. The van der Waals surface area contributed by atoms with E-state index in [9.17, 15) is 18.3 Å². The molecule has 2 aromatic rings. The summed E-state index contributed by atoms with van der Waals surface area (Å²) in [5, 5.41) is 9.94. The first-order valence-corrected chi connectivity index (χ1v) is 6.47. The van der Waals surface area contributed by atoms with Crippen LogP contribution < -0.4 is 0 Å². The Morgan fingerprint density at radius 2 is 1.71 bits per heavy atom. The highest BCUT2D eigenvalue weighted by Crippen LogP contribution is 2.40. The molecular weight excluding hydrogens is 279 g/mol. The first kappa shape index (κ1) is 15.4. The van der Waals surface area contributed by atoms with Gasteiger partial charge in [-0.15, -0.1) is 0 Å². The van der Waals surface area contributed by atoms with Crippen molar-refractivity contribution < 1.29 is 18.3 Å². The molecule has 0 saturated heterocycles. The Morgan fingerprint density at radius 1 is 1.05 bits per heavy atom. The molecule has 5 heteroatoms. The highest BCUT2D eigenvalue weighted by Gasteiger charge is 2.35. The number of phenolic OH excluding ortho intramolecular Hbond substituents is 1. The highest BCUT2D eigenvalue weighted by atomic mass is 19.4. The van der Waals surface area contributed by atoms with Gasteiger partial charge < -0.3 is 5.11 Å². The van der Waals surface area contributed by atoms with Gasteiger partial charge in [0.15, 0.2) is 0 Å². The van der Waals surface area contributed by atoms with Crippen LogP contribution in [0.15, 0.2) is 36.5 Å². The van der Waals surface area contributed by atoms with Gasteiger partial charge in [0.25, 0.3) is 0 Å². The largest absolute Gasteiger partial charge is 0.507 e. The van der Waals surface area contributed by atoms with E-state index in [1.807, 2.05) is 20.8 Å². The maximum absolute atomic E-state index is 13.1. The van der Waals surface area contributed by atoms with Crippen molar-refractivity contribution in [1.82, 2.24) is 4.98 Å². The zero-order chi connectivity index (χ0) is 15.8. The molecule has 0 spiro atoms. The van der Waals surface area contributed by atoms with Crippen LogP contribution in [0.4, 0.5) is 13.2 Å². The van der Waals surface area contributed by atoms with Crippen LogP contribution in [0.2, 0.25) is 0 Å². The number of rotatable bonds is 1. The average molecular weight is 295 g/mol. The Kier molecular flexibility index (Phi) is 3.70. The molecule has 0 saturated carbocycles. The predicted octanol–water partition coefficient (Wildman–Crippen LogP) is 4.77. The van der Waals surface area contributed by atoms with Crippen molar-refractivity contribution >= 4 is 0 Å². The summed E-state index contributed by atoms with van der Waals surface area (Å²) in [7, 11) is 0. The number of aromatic hydroxyl groups is 1. The topological polar surface area (TPSA) is 33.1 Å². The van der Waals surface area contributed by atoms with Crippen LogP contribution in [-0.4, -0.2) is 10.1 Å². The summed E-state index contributed by atoms with van der Waals surface area (Å²) in [5.74, 6) is -0.216. The molecule has 0 amide bonds. The number of phenols is 1. The Balaban J connectivity index is 2.68. The molecule has 0 fully saturated rings. The lowest BCUT2D eigenvalue weighted by Gasteiger charge is -2.21. The lowest BCUT2D eigenvalue weighted by Crippen LogP contribution is -2.12. The van der Waals surface area contributed by atoms with Gasteiger partial charge >= 0.3 is 6.18 Å². The lowest BCUT2D eigenvalue weighted by atomic mass is 9.85. The summed E-state index contributed by atoms with van der Waals surface area (Å²) in [5.41, 5.74) is -0.431. The smallest absolute Gasteiger partial charge is 0.418 e. The number of hydrogen-bond donors (Lipinski definition) is 1. The first-order chi connectivity index (χ1) is 9.60. The molecule has 112 valence electrons. The summed E-state index contributed by atoms with van der Waals surface area (Å²) in [6.45, 7) is 5.85. The summed E-state index contributed by atoms with van der Waals surface area (Å²) < 4.78 is 39.2. The number of halogens is 3. The van der Waals surface area contributed by atoms with E-state index in [1.54, 1.807) is 12.1 Å². The Morgan fingerprint density at radius 3 is 2.29 bits per heavy atom. The summed E-state index contributed by atoms with van der Waals surface area (Å²) >= 11 is 0. The van der Waals surface area contributed by atoms with Gasteiger partial charge in [-0.3, -0.25) is 4.98 Å². The third-order valence-electron chi connectivity index (χ3n) is 3.23. The van der Waals surface area contributed by atoms with Crippen molar-refractivity contribution in [3.63, 3.8) is 0 Å². The number of benzene rings is 1. The van der Waals surface area contributed by atoms with E-state index in [-0.39, 0.29) is 22.4 Å². The summed E-state index contributed by atoms with van der Waals surface area (Å²) in [6, 6.07) is 6.87. The Bertz CT molecular complexity index is 657. The van der Waals surface area contributed by atoms with Crippen LogP contribution in [0.5, 0.6) is 5.75 Å². The van der Waals surface area contributed by atoms with E-state index < -0.39 is 11.7 Å². The second-order valence-corrected chi connectivity index (χ2v) is 5.88. The normalized spacial score (nSPS) is 12.5. The molecule has 1 aromatic heterocycles. The lowest BCUT2D eigenvalue weighted by molar-refractivity contribution is -0.137. The molecule has 2 nitrogen and oxygen atoms in total. The van der Waals surface area contributed by atoms with Gasteiger partial charge in [-0.05, 0) is 35.2 Å². The average Bonchev–Trinajstić information content (AvgIpc) is 2.37. The Hall–Kier alpha value is -2.04. The van der Waals surface area contributed by atoms with Gasteiger partial charge in [-0.2, -0.15) is 13.2 Å². The number of nitrogens with zero attached hydrogens (tertiary/aromatic N) is 1. The molecule has 1 N–H and O–H groups in total. The maximum atomic E-state index is 13.1. The van der Waals surface area contributed by atoms with Gasteiger partial charge in [0.2, 0.25) is 0 Å². The van der Waals surface area contributed by atoms with Crippen LogP contribution >= 0.6 is 0 Å². The number of hydrogen-bond acceptors (Lipinski definition) is 2. The van der Waals surface area contributed by atoms with Crippen LogP contribution in [-0.2, 0) is 11.6 Å². The van der Waals surface area contributed by atoms with Gasteiger partial charge in [0.1, 0.15) is 5.75 Å². The van der Waals surface area contributed by atoms with Crippen molar-refractivity contribution in [2.45, 2.75) is 32.4 Å². The maximum Gasteiger partial charge on any atom is 0.418 e. The molecule has 0 bridgehead atoms. The molecule has 1 aromatic carbocycles. The second kappa shape index (κ2) is 5.06. The zero-order valence-corrected chi connectivity index (χ0v) is 12.0. The fourth-order valence-corrected chi connectivity index (χ4v) is 2.04. The van der Waals surface area contributed by atoms with Crippen LogP contribution in [0.25, 0.3) is 11.3 Å². The molecule has 21 heavy (non-hydrogen) atoms.